The van der Waals surface area contributed by atoms with Crippen molar-refractivity contribution in [2.75, 3.05) is 5.32 Å². The lowest BCUT2D eigenvalue weighted by Gasteiger charge is -2.13. The Morgan fingerprint density at radius 2 is 2.08 bits per heavy atom. The molecule has 3 aromatic rings. The Hall–Kier alpha value is -3.01. The number of carbonyl (C=O) groups is 1. The first kappa shape index (κ1) is 16.8. The number of halogens is 3. The number of fused-ring (bicyclic) bond motifs is 1. The van der Waals surface area contributed by atoms with Crippen LogP contribution in [-0.2, 0) is 12.7 Å². The first-order valence-electron chi connectivity index (χ1n) is 7.18. The van der Waals surface area contributed by atoms with Crippen LogP contribution in [0.4, 0.5) is 18.9 Å². The molecule has 130 valence electrons. The van der Waals surface area contributed by atoms with Crippen molar-refractivity contribution in [1.29, 1.82) is 0 Å². The number of hydrogen-bond donors (Lipinski definition) is 3. The van der Waals surface area contributed by atoms with Gasteiger partial charge in [0.15, 0.2) is 5.69 Å². The van der Waals surface area contributed by atoms with Gasteiger partial charge in [-0.1, -0.05) is 0 Å². The quantitative estimate of drug-likeness (QED) is 0.672. The second-order valence-corrected chi connectivity index (χ2v) is 5.33. The summed E-state index contributed by atoms with van der Waals surface area (Å²) in [5.74, 6) is -1.15. The molecule has 7 nitrogen and oxygen atoms in total. The van der Waals surface area contributed by atoms with Gasteiger partial charge in [-0.05, 0) is 24.6 Å². The number of nitrogens with two attached hydrogens (primary N) is 1. The number of amides is 1. The zero-order valence-corrected chi connectivity index (χ0v) is 13.0. The molecule has 1 amide bonds. The maximum atomic E-state index is 13.2. The minimum Gasteiger partial charge on any atom is -0.324 e. The van der Waals surface area contributed by atoms with Crippen LogP contribution < -0.4 is 11.1 Å². The summed E-state index contributed by atoms with van der Waals surface area (Å²) in [6.45, 7) is 1.45. The van der Waals surface area contributed by atoms with Crippen LogP contribution in [0.5, 0.6) is 0 Å². The lowest BCUT2D eigenvalue weighted by atomic mass is 10.1. The monoisotopic (exact) mass is 350 g/mol. The summed E-state index contributed by atoms with van der Waals surface area (Å²) in [7, 11) is 0. The second kappa shape index (κ2) is 6.13. The van der Waals surface area contributed by atoms with Crippen LogP contribution >= 0.6 is 0 Å². The first-order valence-corrected chi connectivity index (χ1v) is 7.18. The van der Waals surface area contributed by atoms with Gasteiger partial charge >= 0.3 is 6.18 Å². The fourth-order valence-electron chi connectivity index (χ4n) is 2.32. The van der Waals surface area contributed by atoms with Gasteiger partial charge in [-0.25, -0.2) is 9.97 Å². The van der Waals surface area contributed by atoms with Crippen molar-refractivity contribution < 1.29 is 18.0 Å². The van der Waals surface area contributed by atoms with E-state index >= 15 is 0 Å². The Morgan fingerprint density at radius 1 is 1.32 bits per heavy atom. The fourth-order valence-corrected chi connectivity index (χ4v) is 2.32. The topological polar surface area (TPSA) is 110 Å². The molecule has 0 radical (unpaired) electrons. The van der Waals surface area contributed by atoms with Crippen molar-refractivity contribution in [2.45, 2.75) is 19.6 Å². The number of nitrogens with one attached hydrogen (secondary N) is 2. The third kappa shape index (κ3) is 3.29. The lowest BCUT2D eigenvalue weighted by Crippen LogP contribution is -2.22. The number of benzene rings is 1. The summed E-state index contributed by atoms with van der Waals surface area (Å²) in [6, 6.07) is 3.35. The second-order valence-electron chi connectivity index (χ2n) is 5.33. The normalized spacial score (nSPS) is 11.7. The number of rotatable bonds is 3. The summed E-state index contributed by atoms with van der Waals surface area (Å²) >= 11 is 0. The smallest absolute Gasteiger partial charge is 0.324 e. The predicted molar refractivity (Wildman–Crippen MR) is 83.7 cm³/mol. The summed E-state index contributed by atoms with van der Waals surface area (Å²) in [6.07, 6.45) is -2.42. The van der Waals surface area contributed by atoms with Crippen molar-refractivity contribution in [3.8, 4) is 0 Å². The van der Waals surface area contributed by atoms with Crippen molar-refractivity contribution in [1.82, 2.24) is 20.2 Å². The largest absolute Gasteiger partial charge is 0.434 e. The zero-order chi connectivity index (χ0) is 18.2. The van der Waals surface area contributed by atoms with Gasteiger partial charge in [-0.15, -0.1) is 0 Å². The van der Waals surface area contributed by atoms with Crippen molar-refractivity contribution in [2.24, 2.45) is 5.73 Å². The van der Waals surface area contributed by atoms with Crippen LogP contribution in [0, 0.1) is 6.92 Å². The molecule has 0 fully saturated rings. The molecule has 0 bridgehead atoms. The number of aromatic nitrogens is 4. The number of alkyl halides is 3. The Morgan fingerprint density at radius 3 is 2.76 bits per heavy atom. The van der Waals surface area contributed by atoms with Crippen molar-refractivity contribution in [3.05, 3.63) is 47.2 Å². The zero-order valence-electron chi connectivity index (χ0n) is 13.0. The van der Waals surface area contributed by atoms with Crippen LogP contribution in [0.2, 0.25) is 0 Å². The Labute approximate surface area is 139 Å². The van der Waals surface area contributed by atoms with E-state index < -0.39 is 23.3 Å². The number of aromatic amines is 1. The fraction of sp³-hybridized carbons (Fsp3) is 0.200. The van der Waals surface area contributed by atoms with Gasteiger partial charge in [0.1, 0.15) is 5.82 Å². The molecule has 3 rings (SSSR count). The van der Waals surface area contributed by atoms with Gasteiger partial charge in [-0.3, -0.25) is 9.89 Å². The van der Waals surface area contributed by atoms with E-state index in [0.717, 1.165) is 11.7 Å². The van der Waals surface area contributed by atoms with Crippen molar-refractivity contribution in [3.63, 3.8) is 0 Å². The molecule has 0 aliphatic rings. The summed E-state index contributed by atoms with van der Waals surface area (Å²) in [4.78, 5) is 19.4. The maximum Gasteiger partial charge on any atom is 0.434 e. The van der Waals surface area contributed by atoms with Gasteiger partial charge in [-0.2, -0.15) is 18.3 Å². The number of hydrogen-bond acceptors (Lipinski definition) is 5. The van der Waals surface area contributed by atoms with E-state index in [0.29, 0.717) is 16.6 Å². The molecule has 2 heterocycles. The number of anilines is 1. The summed E-state index contributed by atoms with van der Waals surface area (Å²) in [5.41, 5.74) is 5.07. The Balaban J connectivity index is 1.98. The highest BCUT2D eigenvalue weighted by Gasteiger charge is 2.38. The lowest BCUT2D eigenvalue weighted by molar-refractivity contribution is -0.141. The van der Waals surface area contributed by atoms with Gasteiger partial charge in [0.25, 0.3) is 5.91 Å². The highest BCUT2D eigenvalue weighted by atomic mass is 19.4. The van der Waals surface area contributed by atoms with E-state index in [-0.39, 0.29) is 12.4 Å². The van der Waals surface area contributed by atoms with Gasteiger partial charge in [0.05, 0.1) is 23.8 Å². The van der Waals surface area contributed by atoms with E-state index in [1.54, 1.807) is 25.3 Å². The van der Waals surface area contributed by atoms with Gasteiger partial charge in [0, 0.05) is 17.3 Å². The maximum absolute atomic E-state index is 13.2. The third-order valence-electron chi connectivity index (χ3n) is 3.57. The van der Waals surface area contributed by atoms with E-state index in [9.17, 15) is 18.0 Å². The van der Waals surface area contributed by atoms with E-state index in [1.807, 2.05) is 0 Å². The molecule has 10 heteroatoms. The minimum absolute atomic E-state index is 0.195. The van der Waals surface area contributed by atoms with Crippen LogP contribution in [0.3, 0.4) is 0 Å². The third-order valence-corrected chi connectivity index (χ3v) is 3.57. The van der Waals surface area contributed by atoms with E-state index in [2.05, 4.69) is 25.5 Å². The number of H-pyrrole nitrogens is 1. The molecule has 0 aliphatic heterocycles. The average molecular weight is 350 g/mol. The van der Waals surface area contributed by atoms with Crippen LogP contribution in [-0.4, -0.2) is 26.1 Å². The molecule has 0 aliphatic carbocycles. The molecule has 0 saturated carbocycles. The standard InChI is InChI=1S/C15H13F3N6O/c1-7-2-11-8(5-21-24-11)3-10(7)22-14(25)9-6-20-12(4-19)23-13(9)15(16,17)18/h2-3,5-6H,4,19H2,1H3,(H,21,24)(H,22,25). The summed E-state index contributed by atoms with van der Waals surface area (Å²) in [5, 5.41) is 9.82. The molecule has 25 heavy (non-hydrogen) atoms. The molecule has 4 N–H and O–H groups in total. The molecular formula is C15H13F3N6O. The summed E-state index contributed by atoms with van der Waals surface area (Å²) < 4.78 is 39.6. The van der Waals surface area contributed by atoms with E-state index in [1.165, 1.54) is 0 Å². The van der Waals surface area contributed by atoms with Gasteiger partial charge < -0.3 is 11.1 Å². The van der Waals surface area contributed by atoms with Crippen LogP contribution in [0.1, 0.15) is 27.4 Å². The number of aryl methyl sites for hydroxylation is 1. The Kier molecular flexibility index (Phi) is 4.13. The Bertz CT molecular complexity index is 950. The number of carbonyl (C=O) groups excluding carboxylic acids is 1. The molecule has 2 aromatic heterocycles. The first-order chi connectivity index (χ1) is 11.8. The molecular weight excluding hydrogens is 337 g/mol. The predicted octanol–water partition coefficient (Wildman–Crippen LogP) is 2.39. The van der Waals surface area contributed by atoms with Crippen LogP contribution in [0.15, 0.2) is 24.5 Å². The molecule has 0 saturated heterocycles. The molecule has 0 spiro atoms. The van der Waals surface area contributed by atoms with E-state index in [4.69, 9.17) is 5.73 Å². The number of nitrogens with zero attached hydrogens (tertiary/aromatic N) is 3. The van der Waals surface area contributed by atoms with Crippen molar-refractivity contribution >= 4 is 22.5 Å². The molecule has 0 unspecified atom stereocenters. The van der Waals surface area contributed by atoms with Crippen LogP contribution in [0.25, 0.3) is 10.9 Å². The SMILES string of the molecule is Cc1cc2[nH]ncc2cc1NC(=O)c1cnc(CN)nc1C(F)(F)F. The highest BCUT2D eigenvalue weighted by Crippen LogP contribution is 2.31. The molecule has 1 aromatic carbocycles. The average Bonchev–Trinajstić information content (AvgIpc) is 3.00. The molecule has 0 atom stereocenters. The highest BCUT2D eigenvalue weighted by molar-refractivity contribution is 6.06. The minimum atomic E-state index is -4.80. The van der Waals surface area contributed by atoms with Gasteiger partial charge in [0.2, 0.25) is 0 Å².